The third kappa shape index (κ3) is 6.74. The van der Waals surface area contributed by atoms with Gasteiger partial charge in [0.25, 0.3) is 0 Å². The van der Waals surface area contributed by atoms with Gasteiger partial charge in [0.15, 0.2) is 22.5 Å². The molecule has 2 aromatic rings. The number of rotatable bonds is 8. The van der Waals surface area contributed by atoms with E-state index >= 15 is 0 Å². The number of hydroxylamine groups is 1. The first-order valence-electron chi connectivity index (χ1n) is 8.02. The summed E-state index contributed by atoms with van der Waals surface area (Å²) in [5, 5.41) is 29.4. The van der Waals surface area contributed by atoms with Crippen molar-refractivity contribution in [1.82, 2.24) is 21.1 Å². The van der Waals surface area contributed by atoms with Crippen molar-refractivity contribution in [2.24, 2.45) is 15.7 Å². The molecule has 0 spiro atoms. The minimum absolute atomic E-state index is 0.00627. The molecule has 0 unspecified atom stereocenters. The number of nitrogens with zero attached hydrogens (tertiary/aromatic N) is 4. The molecule has 0 fully saturated rings. The van der Waals surface area contributed by atoms with Crippen LogP contribution in [0.5, 0.6) is 0 Å². The molecule has 0 aliphatic carbocycles. The quantitative estimate of drug-likeness (QED) is 0.125. The van der Waals surface area contributed by atoms with Crippen molar-refractivity contribution in [3.8, 4) is 0 Å². The van der Waals surface area contributed by atoms with Crippen molar-refractivity contribution in [3.05, 3.63) is 34.2 Å². The van der Waals surface area contributed by atoms with E-state index in [0.717, 1.165) is 0 Å². The predicted molar refractivity (Wildman–Crippen MR) is 106 cm³/mol. The van der Waals surface area contributed by atoms with Gasteiger partial charge in [-0.15, -0.1) is 0 Å². The highest BCUT2D eigenvalue weighted by atomic mass is 79.9. The van der Waals surface area contributed by atoms with Gasteiger partial charge in [-0.25, -0.2) is 14.0 Å². The fourth-order valence-corrected chi connectivity index (χ4v) is 2.97. The van der Waals surface area contributed by atoms with E-state index in [1.54, 1.807) is 6.92 Å². The predicted octanol–water partition coefficient (Wildman–Crippen LogP) is 1.41. The van der Waals surface area contributed by atoms with Crippen molar-refractivity contribution in [1.29, 1.82) is 0 Å². The molecular weight excluding hydrogens is 457 g/mol. The maximum Gasteiger partial charge on any atom is 0.188 e. The molecule has 0 aliphatic rings. The van der Waals surface area contributed by atoms with Crippen molar-refractivity contribution < 1.29 is 19.3 Å². The summed E-state index contributed by atoms with van der Waals surface area (Å²) >= 11 is 4.36. The van der Waals surface area contributed by atoms with Gasteiger partial charge in [-0.1, -0.05) is 11.8 Å². The number of amidine groups is 1. The zero-order chi connectivity index (χ0) is 20.5. The summed E-state index contributed by atoms with van der Waals surface area (Å²) in [6, 6.07) is 4.13. The maximum atomic E-state index is 13.3. The van der Waals surface area contributed by atoms with E-state index in [-0.39, 0.29) is 28.5 Å². The van der Waals surface area contributed by atoms with Crippen molar-refractivity contribution in [2.45, 2.75) is 18.1 Å². The number of thioether (sulfide) groups is 1. The summed E-state index contributed by atoms with van der Waals surface area (Å²) in [6.45, 7) is 2.30. The molecule has 13 heteroatoms. The van der Waals surface area contributed by atoms with Gasteiger partial charge in [0.05, 0.1) is 22.8 Å². The lowest BCUT2D eigenvalue weighted by atomic mass is 10.3. The highest BCUT2D eigenvalue weighted by Gasteiger charge is 2.17. The van der Waals surface area contributed by atoms with Gasteiger partial charge in [-0.3, -0.25) is 15.7 Å². The number of hydrogen-bond acceptors (Lipinski definition) is 8. The van der Waals surface area contributed by atoms with Crippen LogP contribution in [0.25, 0.3) is 0 Å². The van der Waals surface area contributed by atoms with Gasteiger partial charge in [-0.2, -0.15) is 0 Å². The Morgan fingerprint density at radius 2 is 2.25 bits per heavy atom. The van der Waals surface area contributed by atoms with Gasteiger partial charge in [0.1, 0.15) is 5.82 Å². The standard InChI is InChI=1S/C15H19BrFN7O3S/c1-8(25)7-20-15(18)19-4-5-28-14-12(23-27-24-14)13(22-26)21-9-2-3-11(17)10(16)6-9/h2-3,6,8,25-26H,4-5,7H2,1H3,(H,21,22)(H3,18,19,20)/t8-/m1/s1. The fraction of sp³-hybridized carbons (Fsp3) is 0.333. The third-order valence-corrected chi connectivity index (χ3v) is 4.66. The Bertz CT molecular complexity index is 847. The number of nitrogens with one attached hydrogen (secondary N) is 2. The van der Waals surface area contributed by atoms with Crippen molar-refractivity contribution in [3.63, 3.8) is 0 Å². The summed E-state index contributed by atoms with van der Waals surface area (Å²) < 4.78 is 18.3. The Kier molecular flexibility index (Phi) is 8.63. The van der Waals surface area contributed by atoms with Crippen LogP contribution in [0.2, 0.25) is 0 Å². The molecule has 2 rings (SSSR count). The summed E-state index contributed by atoms with van der Waals surface area (Å²) in [5.74, 6) is 0.322. The van der Waals surface area contributed by atoms with Gasteiger partial charge < -0.3 is 16.2 Å². The monoisotopic (exact) mass is 475 g/mol. The van der Waals surface area contributed by atoms with Crippen LogP contribution in [0.15, 0.2) is 42.3 Å². The third-order valence-electron chi connectivity index (χ3n) is 3.11. The SMILES string of the molecule is C[C@@H](O)CN=C(N)NCCSc1nonc1C(=Nc1ccc(F)c(Br)c1)NO. The smallest absolute Gasteiger partial charge is 0.188 e. The topological polar surface area (TPSA) is 154 Å². The van der Waals surface area contributed by atoms with Gasteiger partial charge in [0.2, 0.25) is 0 Å². The first-order valence-corrected chi connectivity index (χ1v) is 9.80. The molecule has 0 saturated carbocycles. The molecule has 10 nitrogen and oxygen atoms in total. The number of aliphatic hydroxyl groups excluding tert-OH is 1. The Morgan fingerprint density at radius 3 is 2.93 bits per heavy atom. The van der Waals surface area contributed by atoms with E-state index in [9.17, 15) is 9.60 Å². The molecule has 0 aliphatic heterocycles. The highest BCUT2D eigenvalue weighted by molar-refractivity contribution is 9.10. The van der Waals surface area contributed by atoms with E-state index < -0.39 is 11.9 Å². The lowest BCUT2D eigenvalue weighted by Crippen LogP contribution is -2.34. The van der Waals surface area contributed by atoms with Crippen LogP contribution in [-0.4, -0.2) is 57.4 Å². The lowest BCUT2D eigenvalue weighted by molar-refractivity contribution is 0.204. The van der Waals surface area contributed by atoms with E-state index in [4.69, 9.17) is 15.5 Å². The number of halogens is 2. The Balaban J connectivity index is 2.00. The molecular formula is C15H19BrFN7O3S. The van der Waals surface area contributed by atoms with E-state index in [2.05, 4.69) is 41.5 Å². The Morgan fingerprint density at radius 1 is 1.46 bits per heavy atom. The minimum Gasteiger partial charge on any atom is -0.391 e. The molecule has 152 valence electrons. The summed E-state index contributed by atoms with van der Waals surface area (Å²) in [7, 11) is 0. The Hall–Kier alpha value is -2.22. The molecule has 6 N–H and O–H groups in total. The number of aromatic nitrogens is 2. The molecule has 28 heavy (non-hydrogen) atoms. The van der Waals surface area contributed by atoms with E-state index in [1.807, 2.05) is 5.48 Å². The molecule has 0 saturated heterocycles. The molecule has 1 atom stereocenters. The van der Waals surface area contributed by atoms with Gasteiger partial charge in [-0.05, 0) is 51.4 Å². The van der Waals surface area contributed by atoms with E-state index in [1.165, 1.54) is 30.0 Å². The minimum atomic E-state index is -0.566. The van der Waals surface area contributed by atoms with Crippen LogP contribution < -0.4 is 16.5 Å². The normalized spacial score (nSPS) is 13.5. The second-order valence-corrected chi connectivity index (χ2v) is 7.38. The zero-order valence-corrected chi connectivity index (χ0v) is 17.2. The molecule has 1 aromatic carbocycles. The molecule has 1 aromatic heterocycles. The summed E-state index contributed by atoms with van der Waals surface area (Å²) in [6.07, 6.45) is -0.566. The second-order valence-electron chi connectivity index (χ2n) is 5.44. The molecule has 1 heterocycles. The average molecular weight is 476 g/mol. The summed E-state index contributed by atoms with van der Waals surface area (Å²) in [5.41, 5.74) is 8.20. The van der Waals surface area contributed by atoms with Gasteiger partial charge in [0, 0.05) is 12.3 Å². The number of guanidine groups is 1. The number of benzene rings is 1. The molecule has 0 radical (unpaired) electrons. The lowest BCUT2D eigenvalue weighted by Gasteiger charge is -2.06. The summed E-state index contributed by atoms with van der Waals surface area (Å²) in [4.78, 5) is 8.15. The van der Waals surface area contributed by atoms with E-state index in [0.29, 0.717) is 23.0 Å². The number of nitrogens with two attached hydrogens (primary N) is 1. The number of hydrogen-bond donors (Lipinski definition) is 5. The maximum absolute atomic E-state index is 13.3. The van der Waals surface area contributed by atoms with Crippen LogP contribution in [-0.2, 0) is 0 Å². The fourth-order valence-electron chi connectivity index (χ4n) is 1.85. The van der Waals surface area contributed by atoms with Crippen LogP contribution in [0.4, 0.5) is 10.1 Å². The average Bonchev–Trinajstić information content (AvgIpc) is 3.12. The zero-order valence-electron chi connectivity index (χ0n) is 14.8. The largest absolute Gasteiger partial charge is 0.391 e. The number of aliphatic imine (C=N–C) groups is 2. The second kappa shape index (κ2) is 10.9. The van der Waals surface area contributed by atoms with Crippen LogP contribution >= 0.6 is 27.7 Å². The molecule has 0 bridgehead atoms. The first-order chi connectivity index (χ1) is 13.4. The van der Waals surface area contributed by atoms with Crippen LogP contribution in [0.3, 0.4) is 0 Å². The van der Waals surface area contributed by atoms with Gasteiger partial charge >= 0.3 is 0 Å². The van der Waals surface area contributed by atoms with Crippen molar-refractivity contribution >= 4 is 45.2 Å². The molecule has 0 amide bonds. The highest BCUT2D eigenvalue weighted by Crippen LogP contribution is 2.24. The number of aliphatic hydroxyl groups is 1. The first kappa shape index (κ1) is 22.1. The Labute approximate surface area is 172 Å². The van der Waals surface area contributed by atoms with Crippen molar-refractivity contribution in [2.75, 3.05) is 18.8 Å². The van der Waals surface area contributed by atoms with Crippen LogP contribution in [0.1, 0.15) is 12.6 Å². The van der Waals surface area contributed by atoms with Crippen LogP contribution in [0, 0.1) is 5.82 Å².